The van der Waals surface area contributed by atoms with Gasteiger partial charge in [0.25, 0.3) is 11.8 Å². The van der Waals surface area contributed by atoms with Crippen LogP contribution in [0.2, 0.25) is 0 Å². The van der Waals surface area contributed by atoms with E-state index in [2.05, 4.69) is 15.5 Å². The highest BCUT2D eigenvalue weighted by Gasteiger charge is 2.24. The molecule has 0 aliphatic carbocycles. The molecule has 2 aromatic carbocycles. The van der Waals surface area contributed by atoms with Gasteiger partial charge in [-0.3, -0.25) is 14.7 Å². The van der Waals surface area contributed by atoms with Crippen molar-refractivity contribution in [2.75, 3.05) is 6.61 Å². The number of carbonyl (C=O) groups is 3. The third-order valence-electron chi connectivity index (χ3n) is 5.02. The minimum absolute atomic E-state index is 0.0406. The molecule has 0 saturated carbocycles. The highest BCUT2D eigenvalue weighted by atomic mass is 16.5. The molecular formula is C24H26N4O5. The number of rotatable bonds is 10. The zero-order valence-corrected chi connectivity index (χ0v) is 18.2. The molecule has 0 fully saturated rings. The number of carbonyl (C=O) groups excluding carboxylic acids is 3. The summed E-state index contributed by atoms with van der Waals surface area (Å²) < 4.78 is 4.87. The van der Waals surface area contributed by atoms with E-state index in [4.69, 9.17) is 10.5 Å². The van der Waals surface area contributed by atoms with Gasteiger partial charge in [-0.1, -0.05) is 54.6 Å². The number of hydrogen-bond acceptors (Lipinski definition) is 6. The van der Waals surface area contributed by atoms with Crippen LogP contribution >= 0.6 is 0 Å². The number of aliphatic hydroxyl groups excluding tert-OH is 1. The van der Waals surface area contributed by atoms with E-state index < -0.39 is 29.9 Å². The number of aromatic amines is 1. The lowest BCUT2D eigenvalue weighted by Gasteiger charge is -2.21. The number of benzene rings is 2. The standard InChI is InChI=1S/C24H26N4O5/c1-2-33-24(32)21(29)13-18(26-23(31)20-14-19(22(25)30)27-28-20)12-15-8-10-17(11-9-15)16-6-4-3-5-7-16/h3-11,14,18,21,29H,2,12-13H2,1H3,(H2,25,30)(H,26,31)(H,27,28). The van der Waals surface area contributed by atoms with Gasteiger partial charge in [-0.2, -0.15) is 5.10 Å². The van der Waals surface area contributed by atoms with Crippen LogP contribution in [0.25, 0.3) is 11.1 Å². The fourth-order valence-corrected chi connectivity index (χ4v) is 3.37. The third-order valence-corrected chi connectivity index (χ3v) is 5.02. The summed E-state index contributed by atoms with van der Waals surface area (Å²) in [4.78, 5) is 35.8. The Morgan fingerprint density at radius 1 is 1.09 bits per heavy atom. The second-order valence-corrected chi connectivity index (χ2v) is 7.47. The van der Waals surface area contributed by atoms with Crippen molar-refractivity contribution in [2.24, 2.45) is 5.73 Å². The van der Waals surface area contributed by atoms with Crippen LogP contribution in [0, 0.1) is 0 Å². The predicted molar refractivity (Wildman–Crippen MR) is 121 cm³/mol. The van der Waals surface area contributed by atoms with Gasteiger partial charge in [-0.05, 0) is 30.0 Å². The summed E-state index contributed by atoms with van der Waals surface area (Å²) in [6, 6.07) is 18.3. The number of nitrogens with one attached hydrogen (secondary N) is 2. The summed E-state index contributed by atoms with van der Waals surface area (Å²) in [7, 11) is 0. The number of H-pyrrole nitrogens is 1. The van der Waals surface area contributed by atoms with Gasteiger partial charge < -0.3 is 20.9 Å². The van der Waals surface area contributed by atoms with Gasteiger partial charge in [0.05, 0.1) is 6.61 Å². The van der Waals surface area contributed by atoms with Crippen molar-refractivity contribution in [2.45, 2.75) is 31.9 Å². The molecule has 1 heterocycles. The van der Waals surface area contributed by atoms with Crippen LogP contribution < -0.4 is 11.1 Å². The monoisotopic (exact) mass is 450 g/mol. The summed E-state index contributed by atoms with van der Waals surface area (Å²) in [5.41, 5.74) is 8.17. The van der Waals surface area contributed by atoms with Crippen LogP contribution in [0.5, 0.6) is 0 Å². The Morgan fingerprint density at radius 3 is 2.36 bits per heavy atom. The van der Waals surface area contributed by atoms with Crippen molar-refractivity contribution in [3.05, 3.63) is 77.6 Å². The molecule has 9 nitrogen and oxygen atoms in total. The number of ether oxygens (including phenoxy) is 1. The number of nitrogens with two attached hydrogens (primary N) is 1. The summed E-state index contributed by atoms with van der Waals surface area (Å²) >= 11 is 0. The molecule has 3 aromatic rings. The van der Waals surface area contributed by atoms with E-state index in [1.807, 2.05) is 54.6 Å². The lowest BCUT2D eigenvalue weighted by molar-refractivity contribution is -0.153. The summed E-state index contributed by atoms with van der Waals surface area (Å²) in [5, 5.41) is 19.2. The quantitative estimate of drug-likeness (QED) is 0.347. The van der Waals surface area contributed by atoms with Gasteiger partial charge in [0.2, 0.25) is 0 Å². The lowest BCUT2D eigenvalue weighted by atomic mass is 9.97. The van der Waals surface area contributed by atoms with Crippen LogP contribution in [0.3, 0.4) is 0 Å². The number of aromatic nitrogens is 2. The third kappa shape index (κ3) is 6.50. The van der Waals surface area contributed by atoms with Gasteiger partial charge in [0.15, 0.2) is 11.8 Å². The Labute approximate surface area is 191 Å². The molecule has 0 aliphatic rings. The highest BCUT2D eigenvalue weighted by Crippen LogP contribution is 2.20. The number of primary amides is 1. The molecule has 0 aliphatic heterocycles. The van der Waals surface area contributed by atoms with E-state index in [0.29, 0.717) is 6.42 Å². The molecule has 2 atom stereocenters. The largest absolute Gasteiger partial charge is 0.464 e. The molecular weight excluding hydrogens is 424 g/mol. The minimum Gasteiger partial charge on any atom is -0.464 e. The number of amides is 2. The average molecular weight is 450 g/mol. The van der Waals surface area contributed by atoms with Gasteiger partial charge in [0.1, 0.15) is 5.69 Å². The number of esters is 1. The van der Waals surface area contributed by atoms with Gasteiger partial charge >= 0.3 is 5.97 Å². The van der Waals surface area contributed by atoms with Crippen molar-refractivity contribution in [3.8, 4) is 11.1 Å². The molecule has 0 saturated heterocycles. The van der Waals surface area contributed by atoms with Crippen LogP contribution in [-0.2, 0) is 16.0 Å². The number of aliphatic hydroxyl groups is 1. The first kappa shape index (κ1) is 23.7. The first-order chi connectivity index (χ1) is 15.9. The Hall–Kier alpha value is -3.98. The Bertz CT molecular complexity index is 1100. The van der Waals surface area contributed by atoms with Crippen molar-refractivity contribution in [1.82, 2.24) is 15.5 Å². The van der Waals surface area contributed by atoms with E-state index in [1.165, 1.54) is 6.07 Å². The van der Waals surface area contributed by atoms with E-state index in [-0.39, 0.29) is 24.4 Å². The Balaban J connectivity index is 1.75. The molecule has 33 heavy (non-hydrogen) atoms. The van der Waals surface area contributed by atoms with E-state index >= 15 is 0 Å². The number of nitrogens with zero attached hydrogens (tertiary/aromatic N) is 1. The second-order valence-electron chi connectivity index (χ2n) is 7.47. The molecule has 2 amide bonds. The highest BCUT2D eigenvalue weighted by molar-refractivity contribution is 5.97. The molecule has 3 rings (SSSR count). The fourth-order valence-electron chi connectivity index (χ4n) is 3.37. The molecule has 0 bridgehead atoms. The van der Waals surface area contributed by atoms with E-state index in [9.17, 15) is 19.5 Å². The summed E-state index contributed by atoms with van der Waals surface area (Å²) in [6.45, 7) is 1.78. The lowest BCUT2D eigenvalue weighted by Crippen LogP contribution is -2.41. The van der Waals surface area contributed by atoms with Crippen LogP contribution in [0.15, 0.2) is 60.7 Å². The van der Waals surface area contributed by atoms with E-state index in [1.54, 1.807) is 6.92 Å². The van der Waals surface area contributed by atoms with Crippen molar-refractivity contribution in [1.29, 1.82) is 0 Å². The van der Waals surface area contributed by atoms with Gasteiger partial charge in [0, 0.05) is 18.5 Å². The summed E-state index contributed by atoms with van der Waals surface area (Å²) in [6.07, 6.45) is -1.10. The minimum atomic E-state index is -1.40. The fraction of sp³-hybridized carbons (Fsp3) is 0.250. The zero-order chi connectivity index (χ0) is 23.8. The Morgan fingerprint density at radius 2 is 1.76 bits per heavy atom. The molecule has 9 heteroatoms. The smallest absolute Gasteiger partial charge is 0.335 e. The SMILES string of the molecule is CCOC(=O)C(O)CC(Cc1ccc(-c2ccccc2)cc1)NC(=O)c1cc(C(N)=O)n[nH]1. The maximum atomic E-state index is 12.7. The first-order valence-corrected chi connectivity index (χ1v) is 10.5. The topological polar surface area (TPSA) is 147 Å². The van der Waals surface area contributed by atoms with Crippen LogP contribution in [0.1, 0.15) is 39.9 Å². The van der Waals surface area contributed by atoms with Gasteiger partial charge in [-0.15, -0.1) is 0 Å². The van der Waals surface area contributed by atoms with Gasteiger partial charge in [-0.25, -0.2) is 4.79 Å². The zero-order valence-electron chi connectivity index (χ0n) is 18.2. The van der Waals surface area contributed by atoms with Crippen molar-refractivity contribution < 1.29 is 24.2 Å². The molecule has 0 radical (unpaired) electrons. The first-order valence-electron chi connectivity index (χ1n) is 10.5. The van der Waals surface area contributed by atoms with Crippen LogP contribution in [0.4, 0.5) is 0 Å². The average Bonchev–Trinajstić information content (AvgIpc) is 3.31. The molecule has 1 aromatic heterocycles. The van der Waals surface area contributed by atoms with Crippen LogP contribution in [-0.4, -0.2) is 51.8 Å². The second kappa shape index (κ2) is 11.1. The Kier molecular flexibility index (Phi) is 7.93. The molecule has 172 valence electrons. The molecule has 5 N–H and O–H groups in total. The predicted octanol–water partition coefficient (Wildman–Crippen LogP) is 1.83. The normalized spacial score (nSPS) is 12.5. The summed E-state index contributed by atoms with van der Waals surface area (Å²) in [5.74, 6) is -2.07. The molecule has 0 spiro atoms. The van der Waals surface area contributed by atoms with Crippen molar-refractivity contribution >= 4 is 17.8 Å². The maximum absolute atomic E-state index is 12.7. The van der Waals surface area contributed by atoms with E-state index in [0.717, 1.165) is 16.7 Å². The maximum Gasteiger partial charge on any atom is 0.335 e. The molecule has 2 unspecified atom stereocenters. The van der Waals surface area contributed by atoms with Crippen molar-refractivity contribution in [3.63, 3.8) is 0 Å². The number of hydrogen-bond donors (Lipinski definition) is 4.